The Labute approximate surface area is 229 Å². The van der Waals surface area contributed by atoms with E-state index >= 15 is 0 Å². The molecule has 1 amide bonds. The first kappa shape index (κ1) is 24.9. The van der Waals surface area contributed by atoms with Crippen LogP contribution in [0.1, 0.15) is 35.0 Å². The van der Waals surface area contributed by atoms with Crippen molar-refractivity contribution in [3.05, 3.63) is 94.4 Å². The quantitative estimate of drug-likeness (QED) is 0.279. The van der Waals surface area contributed by atoms with Crippen molar-refractivity contribution in [2.75, 3.05) is 30.0 Å². The van der Waals surface area contributed by atoms with Crippen molar-refractivity contribution in [3.8, 4) is 11.5 Å². The highest BCUT2D eigenvalue weighted by Crippen LogP contribution is 2.43. The Kier molecular flexibility index (Phi) is 6.19. The number of furan rings is 1. The van der Waals surface area contributed by atoms with Crippen LogP contribution in [0.5, 0.6) is 11.5 Å². The topological polar surface area (TPSA) is 103 Å². The summed E-state index contributed by atoms with van der Waals surface area (Å²) in [6, 6.07) is 17.4. The van der Waals surface area contributed by atoms with Gasteiger partial charge < -0.3 is 24.3 Å². The van der Waals surface area contributed by atoms with Crippen LogP contribution in [0.2, 0.25) is 5.02 Å². The highest BCUT2D eigenvalue weighted by atomic mass is 35.5. The number of ether oxygens (including phenoxy) is 1. The molecule has 4 aromatic rings. The minimum absolute atomic E-state index is 0.0342. The summed E-state index contributed by atoms with van der Waals surface area (Å²) in [7, 11) is 1.47. The molecular weight excluding hydrogens is 520 g/mol. The van der Waals surface area contributed by atoms with Gasteiger partial charge in [0.1, 0.15) is 5.75 Å². The van der Waals surface area contributed by atoms with Gasteiger partial charge in [0.15, 0.2) is 22.9 Å². The molecule has 0 saturated carbocycles. The number of hydrogen-bond acceptors (Lipinski definition) is 7. The van der Waals surface area contributed by atoms with Gasteiger partial charge in [-0.25, -0.2) is 0 Å². The first-order chi connectivity index (χ1) is 18.9. The number of amides is 1. The average Bonchev–Trinajstić information content (AvgIpc) is 3.68. The van der Waals surface area contributed by atoms with Gasteiger partial charge in [0.25, 0.3) is 5.91 Å². The normalized spacial score (nSPS) is 17.5. The predicted octanol–water partition coefficient (Wildman–Crippen LogP) is 6.18. The summed E-state index contributed by atoms with van der Waals surface area (Å²) in [6.07, 6.45) is 2.27. The number of phenols is 1. The number of aliphatic hydroxyl groups excluding tert-OH is 1. The number of hydrogen-bond donors (Lipinski definition) is 2. The van der Waals surface area contributed by atoms with E-state index in [2.05, 4.69) is 4.90 Å². The number of phenolic OH excluding ortho intramolecular Hbond substituents is 1. The molecule has 0 bridgehead atoms. The number of benzene rings is 3. The van der Waals surface area contributed by atoms with Crippen LogP contribution in [0.25, 0.3) is 11.0 Å². The summed E-state index contributed by atoms with van der Waals surface area (Å²) in [6.45, 7) is 1.96. The van der Waals surface area contributed by atoms with Gasteiger partial charge in [-0.3, -0.25) is 14.5 Å². The van der Waals surface area contributed by atoms with E-state index in [1.807, 2.05) is 24.3 Å². The fraction of sp³-hybridized carbons (Fsp3) is 0.200. The van der Waals surface area contributed by atoms with E-state index in [1.54, 1.807) is 24.3 Å². The Morgan fingerprint density at radius 3 is 2.31 bits per heavy atom. The lowest BCUT2D eigenvalue weighted by Gasteiger charge is -2.27. The molecule has 1 atom stereocenters. The zero-order valence-electron chi connectivity index (χ0n) is 21.1. The standard InChI is InChI=1S/C30H25ClN2O6/c1-38-24-16-19(31)14-18-15-23(39-29(18)24)27(35)25-26(17-4-10-22(34)11-5-17)33(30(37)28(25)36)21-8-6-20(7-9-21)32-12-2-3-13-32/h4-11,14-16,26,34,36H,2-3,12-13H2,1H3. The molecule has 2 N–H and O–H groups in total. The number of carbonyl (C=O) groups is 2. The highest BCUT2D eigenvalue weighted by molar-refractivity contribution is 6.31. The number of aromatic hydroxyl groups is 1. The summed E-state index contributed by atoms with van der Waals surface area (Å²) in [5.74, 6) is -1.70. The van der Waals surface area contributed by atoms with Crippen molar-refractivity contribution >= 4 is 45.6 Å². The second-order valence-electron chi connectivity index (χ2n) is 9.61. The SMILES string of the molecule is COc1cc(Cl)cc2cc(C(=O)C3=C(O)C(=O)N(c4ccc(N5CCCC5)cc4)C3c3ccc(O)cc3)oc12. The van der Waals surface area contributed by atoms with Crippen molar-refractivity contribution in [3.63, 3.8) is 0 Å². The van der Waals surface area contributed by atoms with Crippen LogP contribution >= 0.6 is 11.6 Å². The van der Waals surface area contributed by atoms with Crippen molar-refractivity contribution < 1.29 is 29.0 Å². The number of halogens is 1. The summed E-state index contributed by atoms with van der Waals surface area (Å²) < 4.78 is 11.2. The van der Waals surface area contributed by atoms with E-state index in [0.717, 1.165) is 31.6 Å². The van der Waals surface area contributed by atoms with Gasteiger partial charge in [-0.05, 0) is 66.9 Å². The third-order valence-electron chi connectivity index (χ3n) is 7.25. The lowest BCUT2D eigenvalue weighted by molar-refractivity contribution is -0.117. The molecule has 6 rings (SSSR count). The van der Waals surface area contributed by atoms with Crippen LogP contribution in [0, 0.1) is 0 Å². The fourth-order valence-electron chi connectivity index (χ4n) is 5.36. The second-order valence-corrected chi connectivity index (χ2v) is 10.0. The maximum atomic E-state index is 13.9. The summed E-state index contributed by atoms with van der Waals surface area (Å²) in [4.78, 5) is 31.1. The zero-order chi connectivity index (χ0) is 27.3. The summed E-state index contributed by atoms with van der Waals surface area (Å²) in [5, 5.41) is 21.9. The molecule has 8 nitrogen and oxygen atoms in total. The molecular formula is C30H25ClN2O6. The Bertz CT molecular complexity index is 1620. The zero-order valence-corrected chi connectivity index (χ0v) is 21.8. The maximum Gasteiger partial charge on any atom is 0.294 e. The summed E-state index contributed by atoms with van der Waals surface area (Å²) >= 11 is 6.19. The molecule has 39 heavy (non-hydrogen) atoms. The van der Waals surface area contributed by atoms with E-state index < -0.39 is 23.5 Å². The lowest BCUT2D eigenvalue weighted by Crippen LogP contribution is -2.31. The van der Waals surface area contributed by atoms with Crippen LogP contribution in [-0.2, 0) is 4.79 Å². The third-order valence-corrected chi connectivity index (χ3v) is 7.47. The predicted molar refractivity (Wildman–Crippen MR) is 148 cm³/mol. The monoisotopic (exact) mass is 544 g/mol. The van der Waals surface area contributed by atoms with E-state index in [1.165, 1.54) is 30.2 Å². The summed E-state index contributed by atoms with van der Waals surface area (Å²) in [5.41, 5.74) is 2.30. The fourth-order valence-corrected chi connectivity index (χ4v) is 5.57. The molecule has 1 aromatic heterocycles. The van der Waals surface area contributed by atoms with Gasteiger partial charge in [0, 0.05) is 40.9 Å². The Hall–Kier alpha value is -4.43. The molecule has 2 aliphatic heterocycles. The average molecular weight is 545 g/mol. The molecule has 2 aliphatic rings. The number of anilines is 2. The van der Waals surface area contributed by atoms with Gasteiger partial charge in [0.2, 0.25) is 5.78 Å². The lowest BCUT2D eigenvalue weighted by atomic mass is 9.94. The van der Waals surface area contributed by atoms with Gasteiger partial charge >= 0.3 is 0 Å². The number of fused-ring (bicyclic) bond motifs is 1. The molecule has 1 unspecified atom stereocenters. The molecule has 198 valence electrons. The Morgan fingerprint density at radius 2 is 1.64 bits per heavy atom. The number of rotatable bonds is 6. The first-order valence-electron chi connectivity index (χ1n) is 12.6. The van der Waals surface area contributed by atoms with Crippen LogP contribution in [0.15, 0.2) is 82.5 Å². The van der Waals surface area contributed by atoms with Crippen LogP contribution < -0.4 is 14.5 Å². The molecule has 3 aromatic carbocycles. The molecule has 0 aliphatic carbocycles. The van der Waals surface area contributed by atoms with E-state index in [0.29, 0.717) is 33.0 Å². The third kappa shape index (κ3) is 4.27. The number of nitrogens with zero attached hydrogens (tertiary/aromatic N) is 2. The molecule has 9 heteroatoms. The number of ketones is 1. The number of Topliss-reactive ketones (excluding diaryl/α,β-unsaturated/α-hetero) is 1. The van der Waals surface area contributed by atoms with Gasteiger partial charge in [-0.1, -0.05) is 23.7 Å². The van der Waals surface area contributed by atoms with E-state index in [-0.39, 0.29) is 17.1 Å². The Balaban J connectivity index is 1.44. The molecule has 1 fully saturated rings. The van der Waals surface area contributed by atoms with Gasteiger partial charge in [-0.2, -0.15) is 0 Å². The largest absolute Gasteiger partial charge is 0.508 e. The van der Waals surface area contributed by atoms with Gasteiger partial charge in [0.05, 0.1) is 18.7 Å². The smallest absolute Gasteiger partial charge is 0.294 e. The van der Waals surface area contributed by atoms with Gasteiger partial charge in [-0.15, -0.1) is 0 Å². The molecule has 0 radical (unpaired) electrons. The highest BCUT2D eigenvalue weighted by Gasteiger charge is 2.45. The minimum Gasteiger partial charge on any atom is -0.508 e. The first-order valence-corrected chi connectivity index (χ1v) is 13.0. The van der Waals surface area contributed by atoms with Crippen molar-refractivity contribution in [1.29, 1.82) is 0 Å². The molecule has 1 saturated heterocycles. The maximum absolute atomic E-state index is 13.9. The van der Waals surface area contributed by atoms with Crippen molar-refractivity contribution in [2.45, 2.75) is 18.9 Å². The van der Waals surface area contributed by atoms with Crippen LogP contribution in [0.3, 0.4) is 0 Å². The number of methoxy groups -OCH3 is 1. The van der Waals surface area contributed by atoms with E-state index in [4.69, 9.17) is 20.8 Å². The molecule has 0 spiro atoms. The van der Waals surface area contributed by atoms with Crippen LogP contribution in [0.4, 0.5) is 11.4 Å². The van der Waals surface area contributed by atoms with Crippen LogP contribution in [-0.4, -0.2) is 42.1 Å². The molecule has 3 heterocycles. The Morgan fingerprint density at radius 1 is 0.974 bits per heavy atom. The van der Waals surface area contributed by atoms with Crippen molar-refractivity contribution in [2.24, 2.45) is 0 Å². The van der Waals surface area contributed by atoms with Crippen molar-refractivity contribution in [1.82, 2.24) is 0 Å². The minimum atomic E-state index is -0.957. The second kappa shape index (κ2) is 9.71. The van der Waals surface area contributed by atoms with E-state index in [9.17, 15) is 19.8 Å². The number of carbonyl (C=O) groups excluding carboxylic acids is 2. The number of aliphatic hydroxyl groups is 1.